The first-order chi connectivity index (χ1) is 10.6. The highest BCUT2D eigenvalue weighted by Crippen LogP contribution is 2.21. The smallest absolute Gasteiger partial charge is 0.234 e. The summed E-state index contributed by atoms with van der Waals surface area (Å²) in [4.78, 5) is 14.2. The van der Waals surface area contributed by atoms with Gasteiger partial charge in [0.1, 0.15) is 0 Å². The fourth-order valence-electron chi connectivity index (χ4n) is 2.21. The van der Waals surface area contributed by atoms with E-state index in [0.717, 1.165) is 11.1 Å². The molecule has 2 N–H and O–H groups in total. The highest BCUT2D eigenvalue weighted by Gasteiger charge is 2.22. The maximum Gasteiger partial charge on any atom is 0.234 e. The van der Waals surface area contributed by atoms with Gasteiger partial charge in [-0.25, -0.2) is 0 Å². The minimum Gasteiger partial charge on any atom is -0.349 e. The molecule has 2 rings (SSSR count). The third kappa shape index (κ3) is 4.19. The van der Waals surface area contributed by atoms with Gasteiger partial charge in [0.25, 0.3) is 0 Å². The fraction of sp³-hybridized carbons (Fsp3) is 0.222. The summed E-state index contributed by atoms with van der Waals surface area (Å²) in [5.74, 6) is -0.378. The molecule has 4 heteroatoms. The molecule has 0 aliphatic heterocycles. The third-order valence-electron chi connectivity index (χ3n) is 3.49. The summed E-state index contributed by atoms with van der Waals surface area (Å²) in [6.45, 7) is 0. The van der Waals surface area contributed by atoms with Gasteiger partial charge in [0.15, 0.2) is 5.96 Å². The first kappa shape index (κ1) is 15.8. The van der Waals surface area contributed by atoms with Crippen molar-refractivity contribution < 1.29 is 4.79 Å². The van der Waals surface area contributed by atoms with Crippen molar-refractivity contribution in [3.05, 3.63) is 71.8 Å². The maximum absolute atomic E-state index is 12.6. The van der Waals surface area contributed by atoms with Gasteiger partial charge in [-0.3, -0.25) is 15.5 Å². The van der Waals surface area contributed by atoms with E-state index in [1.54, 1.807) is 19.0 Å². The van der Waals surface area contributed by atoms with Gasteiger partial charge in [-0.1, -0.05) is 60.7 Å². The van der Waals surface area contributed by atoms with Gasteiger partial charge in [-0.05, 0) is 17.5 Å². The molecule has 1 amide bonds. The lowest BCUT2D eigenvalue weighted by Crippen LogP contribution is -2.42. The van der Waals surface area contributed by atoms with E-state index in [4.69, 9.17) is 5.41 Å². The molecular formula is C18H21N3O. The number of benzene rings is 2. The molecule has 22 heavy (non-hydrogen) atoms. The third-order valence-corrected chi connectivity index (χ3v) is 3.49. The number of rotatable bonds is 4. The molecule has 0 heterocycles. The monoisotopic (exact) mass is 295 g/mol. The van der Waals surface area contributed by atoms with E-state index in [2.05, 4.69) is 5.32 Å². The number of nitrogens with zero attached hydrogens (tertiary/aromatic N) is 1. The van der Waals surface area contributed by atoms with Gasteiger partial charge in [0, 0.05) is 14.1 Å². The Morgan fingerprint density at radius 1 is 1.05 bits per heavy atom. The van der Waals surface area contributed by atoms with E-state index in [0.29, 0.717) is 6.42 Å². The molecular weight excluding hydrogens is 274 g/mol. The van der Waals surface area contributed by atoms with Crippen LogP contribution in [0.25, 0.3) is 0 Å². The van der Waals surface area contributed by atoms with E-state index in [1.807, 2.05) is 60.7 Å². The summed E-state index contributed by atoms with van der Waals surface area (Å²) in [5, 5.41) is 10.5. The van der Waals surface area contributed by atoms with Crippen molar-refractivity contribution in [3.63, 3.8) is 0 Å². The Balaban J connectivity index is 2.22. The van der Waals surface area contributed by atoms with Crippen molar-refractivity contribution in [2.75, 3.05) is 14.1 Å². The van der Waals surface area contributed by atoms with Gasteiger partial charge in [-0.2, -0.15) is 0 Å². The molecule has 1 atom stereocenters. The summed E-state index contributed by atoms with van der Waals surface area (Å²) >= 11 is 0. The number of guanidine groups is 1. The molecule has 4 nitrogen and oxygen atoms in total. The summed E-state index contributed by atoms with van der Waals surface area (Å²) in [5.41, 5.74) is 2.05. The summed E-state index contributed by atoms with van der Waals surface area (Å²) in [7, 11) is 3.47. The van der Waals surface area contributed by atoms with Crippen molar-refractivity contribution in [2.24, 2.45) is 0 Å². The molecule has 0 aromatic heterocycles. The Morgan fingerprint density at radius 3 is 2.14 bits per heavy atom. The second-order valence-electron chi connectivity index (χ2n) is 5.39. The van der Waals surface area contributed by atoms with Crippen LogP contribution in [0.5, 0.6) is 0 Å². The van der Waals surface area contributed by atoms with Gasteiger partial charge in [-0.15, -0.1) is 0 Å². The van der Waals surface area contributed by atoms with Crippen molar-refractivity contribution >= 4 is 11.9 Å². The van der Waals surface area contributed by atoms with Crippen molar-refractivity contribution in [1.82, 2.24) is 10.2 Å². The fourth-order valence-corrected chi connectivity index (χ4v) is 2.21. The van der Waals surface area contributed by atoms with Crippen LogP contribution in [0.3, 0.4) is 0 Å². The van der Waals surface area contributed by atoms with Crippen LogP contribution in [0.2, 0.25) is 0 Å². The number of carbonyl (C=O) groups excluding carboxylic acids is 1. The molecule has 114 valence electrons. The topological polar surface area (TPSA) is 56.2 Å². The summed E-state index contributed by atoms with van der Waals surface area (Å²) < 4.78 is 0. The molecule has 2 aromatic rings. The van der Waals surface area contributed by atoms with Crippen LogP contribution >= 0.6 is 0 Å². The van der Waals surface area contributed by atoms with E-state index >= 15 is 0 Å². The molecule has 0 saturated carbocycles. The van der Waals surface area contributed by atoms with Crippen LogP contribution in [-0.4, -0.2) is 30.9 Å². The van der Waals surface area contributed by atoms with Crippen LogP contribution in [0.15, 0.2) is 60.7 Å². The lowest BCUT2D eigenvalue weighted by Gasteiger charge is -2.20. The number of amides is 1. The van der Waals surface area contributed by atoms with Gasteiger partial charge in [0.2, 0.25) is 5.91 Å². The number of hydrogen-bond donors (Lipinski definition) is 2. The van der Waals surface area contributed by atoms with Crippen molar-refractivity contribution in [1.29, 1.82) is 5.41 Å². The minimum absolute atomic E-state index is 0.0963. The Kier molecular flexibility index (Phi) is 5.31. The summed E-state index contributed by atoms with van der Waals surface area (Å²) in [6.07, 6.45) is 0.609. The molecule has 0 saturated heterocycles. The Morgan fingerprint density at radius 2 is 1.59 bits per heavy atom. The standard InChI is InChI=1S/C18H21N3O/c1-21(2)18(19)20-17(22)16(15-11-7-4-8-12-15)13-14-9-5-3-6-10-14/h3-12,16H,13H2,1-2H3,(H2,19,20,22). The minimum atomic E-state index is -0.316. The normalized spacial score (nSPS) is 11.5. The second kappa shape index (κ2) is 7.41. The van der Waals surface area contributed by atoms with Gasteiger partial charge < -0.3 is 4.90 Å². The Labute approximate surface area is 131 Å². The van der Waals surface area contributed by atoms with Crippen molar-refractivity contribution in [3.8, 4) is 0 Å². The molecule has 0 radical (unpaired) electrons. The lowest BCUT2D eigenvalue weighted by atomic mass is 9.91. The first-order valence-corrected chi connectivity index (χ1v) is 7.23. The number of nitrogens with one attached hydrogen (secondary N) is 2. The Bertz CT molecular complexity index is 623. The van der Waals surface area contributed by atoms with Crippen LogP contribution in [-0.2, 0) is 11.2 Å². The number of carbonyl (C=O) groups is 1. The van der Waals surface area contributed by atoms with Crippen LogP contribution in [0, 0.1) is 5.41 Å². The van der Waals surface area contributed by atoms with E-state index < -0.39 is 0 Å². The Hall–Kier alpha value is -2.62. The molecule has 2 aromatic carbocycles. The second-order valence-corrected chi connectivity index (χ2v) is 5.39. The predicted octanol–water partition coefficient (Wildman–Crippen LogP) is 2.63. The van der Waals surface area contributed by atoms with E-state index in [1.165, 1.54) is 0 Å². The van der Waals surface area contributed by atoms with Crippen LogP contribution in [0.4, 0.5) is 0 Å². The SMILES string of the molecule is CN(C)C(=N)NC(=O)C(Cc1ccccc1)c1ccccc1. The zero-order valence-corrected chi connectivity index (χ0v) is 12.9. The van der Waals surface area contributed by atoms with Crippen LogP contribution < -0.4 is 5.32 Å². The van der Waals surface area contributed by atoms with Crippen molar-refractivity contribution in [2.45, 2.75) is 12.3 Å². The van der Waals surface area contributed by atoms with E-state index in [9.17, 15) is 4.79 Å². The highest BCUT2D eigenvalue weighted by molar-refractivity contribution is 5.98. The maximum atomic E-state index is 12.6. The lowest BCUT2D eigenvalue weighted by molar-refractivity contribution is -0.121. The van der Waals surface area contributed by atoms with E-state index in [-0.39, 0.29) is 17.8 Å². The molecule has 1 unspecified atom stereocenters. The molecule has 0 aliphatic rings. The molecule has 0 aliphatic carbocycles. The van der Waals surface area contributed by atoms with Crippen LogP contribution in [0.1, 0.15) is 17.0 Å². The molecule has 0 fully saturated rings. The van der Waals surface area contributed by atoms with Gasteiger partial charge >= 0.3 is 0 Å². The van der Waals surface area contributed by atoms with Gasteiger partial charge in [0.05, 0.1) is 5.92 Å². The number of hydrogen-bond acceptors (Lipinski definition) is 2. The average Bonchev–Trinajstić information content (AvgIpc) is 2.54. The quantitative estimate of drug-likeness (QED) is 0.673. The average molecular weight is 295 g/mol. The highest BCUT2D eigenvalue weighted by atomic mass is 16.2. The zero-order chi connectivity index (χ0) is 15.9. The summed E-state index contributed by atoms with van der Waals surface area (Å²) in [6, 6.07) is 19.6. The molecule has 0 bridgehead atoms. The molecule has 0 spiro atoms. The predicted molar refractivity (Wildman–Crippen MR) is 88.9 cm³/mol. The largest absolute Gasteiger partial charge is 0.349 e. The first-order valence-electron chi connectivity index (χ1n) is 7.23. The zero-order valence-electron chi connectivity index (χ0n) is 12.9.